The molecule has 0 saturated carbocycles. The van der Waals surface area contributed by atoms with Gasteiger partial charge in [-0.15, -0.1) is 0 Å². The summed E-state index contributed by atoms with van der Waals surface area (Å²) in [6.45, 7) is 11.9. The van der Waals surface area contributed by atoms with E-state index in [0.29, 0.717) is 30.9 Å². The van der Waals surface area contributed by atoms with Gasteiger partial charge in [-0.25, -0.2) is 23.1 Å². The van der Waals surface area contributed by atoms with Crippen LogP contribution in [-0.4, -0.2) is 80.4 Å². The summed E-state index contributed by atoms with van der Waals surface area (Å²) in [5.41, 5.74) is -0.390. The zero-order chi connectivity index (χ0) is 33.6. The van der Waals surface area contributed by atoms with Gasteiger partial charge in [0.25, 0.3) is 0 Å². The first-order valence-electron chi connectivity index (χ1n) is 15.6. The molecule has 1 aromatic carbocycles. The number of carbonyl (C=O) groups is 1. The second-order valence-electron chi connectivity index (χ2n) is 11.9. The van der Waals surface area contributed by atoms with E-state index in [1.807, 2.05) is 25.7 Å². The van der Waals surface area contributed by atoms with Crippen molar-refractivity contribution in [3.05, 3.63) is 82.6 Å². The molecule has 1 fully saturated rings. The maximum atomic E-state index is 16.3. The van der Waals surface area contributed by atoms with Gasteiger partial charge < -0.3 is 24.4 Å². The summed E-state index contributed by atoms with van der Waals surface area (Å²) in [7, 11) is 0. The lowest BCUT2D eigenvalue weighted by atomic mass is 9.97. The van der Waals surface area contributed by atoms with E-state index in [1.54, 1.807) is 17.9 Å². The topological polar surface area (TPSA) is 123 Å². The first kappa shape index (κ1) is 32.2. The van der Waals surface area contributed by atoms with Crippen molar-refractivity contribution >= 4 is 22.8 Å². The van der Waals surface area contributed by atoms with Crippen molar-refractivity contribution in [3.63, 3.8) is 0 Å². The van der Waals surface area contributed by atoms with Crippen LogP contribution in [0.5, 0.6) is 5.75 Å². The second-order valence-corrected chi connectivity index (χ2v) is 11.9. The number of pyridine rings is 2. The second kappa shape index (κ2) is 12.8. The molecule has 11 nitrogen and oxygen atoms in total. The molecule has 0 aliphatic carbocycles. The number of nitrogens with zero attached hydrogens (tertiary/aromatic N) is 6. The van der Waals surface area contributed by atoms with Gasteiger partial charge in [0.1, 0.15) is 41.9 Å². The number of aliphatic hydroxyl groups is 1. The van der Waals surface area contributed by atoms with Crippen LogP contribution in [0.25, 0.3) is 28.0 Å². The molecule has 47 heavy (non-hydrogen) atoms. The highest BCUT2D eigenvalue weighted by Gasteiger charge is 2.34. The summed E-state index contributed by atoms with van der Waals surface area (Å²) in [5, 5.41) is 12.0. The summed E-state index contributed by atoms with van der Waals surface area (Å²) in [4.78, 5) is 43.8. The third-order valence-corrected chi connectivity index (χ3v) is 8.61. The highest BCUT2D eigenvalue weighted by molar-refractivity contribution is 5.91. The molecule has 2 unspecified atom stereocenters. The molecule has 4 aromatic rings. The molecule has 1 amide bonds. The molecule has 2 aliphatic rings. The molecular formula is C34H36F2N6O5. The van der Waals surface area contributed by atoms with Crippen molar-refractivity contribution in [2.75, 3.05) is 37.7 Å². The Morgan fingerprint density at radius 2 is 2.00 bits per heavy atom. The molecule has 2 aliphatic heterocycles. The number of piperazine rings is 1. The Kier molecular flexibility index (Phi) is 8.77. The Bertz CT molecular complexity index is 1930. The Morgan fingerprint density at radius 3 is 2.70 bits per heavy atom. The van der Waals surface area contributed by atoms with Crippen molar-refractivity contribution in [3.8, 4) is 22.7 Å². The molecule has 2 bridgehead atoms. The van der Waals surface area contributed by atoms with E-state index >= 15 is 8.78 Å². The van der Waals surface area contributed by atoms with Crippen molar-refractivity contribution in [2.24, 2.45) is 0 Å². The molecule has 1 N–H and O–H groups in total. The zero-order valence-corrected chi connectivity index (χ0v) is 26.6. The van der Waals surface area contributed by atoms with E-state index in [-0.39, 0.29) is 70.6 Å². The third-order valence-electron chi connectivity index (χ3n) is 8.61. The van der Waals surface area contributed by atoms with Gasteiger partial charge >= 0.3 is 5.69 Å². The highest BCUT2D eigenvalue weighted by atomic mass is 19.1. The zero-order valence-electron chi connectivity index (χ0n) is 26.6. The van der Waals surface area contributed by atoms with Gasteiger partial charge in [-0.3, -0.25) is 9.78 Å². The van der Waals surface area contributed by atoms with Gasteiger partial charge in [-0.2, -0.15) is 4.98 Å². The van der Waals surface area contributed by atoms with Crippen LogP contribution in [0.2, 0.25) is 0 Å². The Balaban J connectivity index is 1.71. The Labute approximate surface area is 270 Å². The smallest absolute Gasteiger partial charge is 0.355 e. The molecule has 3 atom stereocenters. The number of aliphatic hydroxyl groups excluding tert-OH is 1. The number of ether oxygens (including phenoxy) is 2. The predicted octanol–water partition coefficient (Wildman–Crippen LogP) is 4.30. The third kappa shape index (κ3) is 5.63. The summed E-state index contributed by atoms with van der Waals surface area (Å²) in [6, 6.07) is 6.55. The van der Waals surface area contributed by atoms with Crippen LogP contribution in [0.1, 0.15) is 51.0 Å². The van der Waals surface area contributed by atoms with Crippen LogP contribution >= 0.6 is 0 Å². The first-order valence-corrected chi connectivity index (χ1v) is 15.6. The molecular weight excluding hydrogens is 610 g/mol. The largest absolute Gasteiger partial charge is 0.490 e. The monoisotopic (exact) mass is 646 g/mol. The summed E-state index contributed by atoms with van der Waals surface area (Å²) >= 11 is 0. The molecule has 246 valence electrons. The van der Waals surface area contributed by atoms with Gasteiger partial charge in [0.2, 0.25) is 5.91 Å². The van der Waals surface area contributed by atoms with Crippen molar-refractivity contribution < 1.29 is 28.2 Å². The number of halogens is 2. The van der Waals surface area contributed by atoms with Crippen molar-refractivity contribution in [1.29, 1.82) is 0 Å². The summed E-state index contributed by atoms with van der Waals surface area (Å²) in [6.07, 6.45) is 0.507. The van der Waals surface area contributed by atoms with E-state index in [2.05, 4.69) is 21.5 Å². The van der Waals surface area contributed by atoms with Gasteiger partial charge in [0.05, 0.1) is 22.3 Å². The molecule has 0 spiro atoms. The van der Waals surface area contributed by atoms with Gasteiger partial charge in [-0.1, -0.05) is 26.5 Å². The normalized spacial score (nSPS) is 19.5. The van der Waals surface area contributed by atoms with Crippen LogP contribution < -0.4 is 15.3 Å². The minimum absolute atomic E-state index is 0.00847. The number of hydrogen-bond acceptors (Lipinski definition) is 9. The summed E-state index contributed by atoms with van der Waals surface area (Å²) in [5.74, 6) is -1.95. The number of fused-ring (bicyclic) bond motifs is 5. The number of benzene rings is 1. The van der Waals surface area contributed by atoms with Crippen LogP contribution in [0, 0.1) is 11.6 Å². The average Bonchev–Trinajstić information content (AvgIpc) is 3.05. The molecule has 0 radical (unpaired) electrons. The quantitative estimate of drug-likeness (QED) is 0.316. The molecule has 5 heterocycles. The molecule has 3 aromatic heterocycles. The minimum atomic E-state index is -1.32. The van der Waals surface area contributed by atoms with E-state index < -0.39 is 29.5 Å². The maximum Gasteiger partial charge on any atom is 0.355 e. The van der Waals surface area contributed by atoms with E-state index in [0.717, 1.165) is 0 Å². The van der Waals surface area contributed by atoms with Gasteiger partial charge in [-0.05, 0) is 50.1 Å². The van der Waals surface area contributed by atoms with Gasteiger partial charge in [0.15, 0.2) is 11.5 Å². The predicted molar refractivity (Wildman–Crippen MR) is 172 cm³/mol. The van der Waals surface area contributed by atoms with Crippen molar-refractivity contribution in [1.82, 2.24) is 24.4 Å². The number of rotatable bonds is 5. The van der Waals surface area contributed by atoms with Crippen LogP contribution in [0.15, 0.2) is 54.0 Å². The van der Waals surface area contributed by atoms with E-state index in [4.69, 9.17) is 9.47 Å². The Hall–Kier alpha value is -4.75. The lowest BCUT2D eigenvalue weighted by Gasteiger charge is -2.40. The van der Waals surface area contributed by atoms with E-state index in [9.17, 15) is 14.7 Å². The summed E-state index contributed by atoms with van der Waals surface area (Å²) < 4.78 is 45.0. The molecule has 1 saturated heterocycles. The SMILES string of the molecule is C=CC(=O)N1CCN(c2nc(=O)n3c4nc(c(F)cc24)-c2c(F)cccc2OCC(OCC)C(O)c2ccnc(C(C)C)c2-3)[C@@H](C)C1. The average molecular weight is 647 g/mol. The molecule has 13 heteroatoms. The fraction of sp³-hybridized carbons (Fsp3) is 0.382. The van der Waals surface area contributed by atoms with Crippen LogP contribution in [-0.2, 0) is 9.53 Å². The van der Waals surface area contributed by atoms with E-state index in [1.165, 1.54) is 41.1 Å². The molecule has 6 rings (SSSR count). The minimum Gasteiger partial charge on any atom is -0.490 e. The van der Waals surface area contributed by atoms with Gasteiger partial charge in [0, 0.05) is 44.0 Å². The number of aromatic nitrogens is 4. The number of hydrogen-bond donors (Lipinski definition) is 1. The fourth-order valence-corrected chi connectivity index (χ4v) is 6.36. The van der Waals surface area contributed by atoms with Crippen molar-refractivity contribution in [2.45, 2.75) is 51.9 Å². The fourth-order valence-electron chi connectivity index (χ4n) is 6.36. The van der Waals surface area contributed by atoms with Crippen LogP contribution in [0.3, 0.4) is 0 Å². The number of carbonyl (C=O) groups excluding carboxylic acids is 1. The maximum absolute atomic E-state index is 16.3. The van der Waals surface area contributed by atoms with Crippen LogP contribution in [0.4, 0.5) is 14.6 Å². The highest BCUT2D eigenvalue weighted by Crippen LogP contribution is 2.39. The Morgan fingerprint density at radius 1 is 1.21 bits per heavy atom. The lowest BCUT2D eigenvalue weighted by Crippen LogP contribution is -2.54. The lowest BCUT2D eigenvalue weighted by molar-refractivity contribution is -0.126. The first-order chi connectivity index (χ1) is 22.5. The standard InChI is InChI=1S/C34H36F2N6O5/c1-6-26(43)40-13-14-41(19(5)16-40)32-21-15-23(36)29-27-22(35)9-8-10-24(27)47-17-25(46-7-2)31(44)20-11-12-37-28(18(3)4)30(20)42(33(21)38-29)34(45)39-32/h6,8-12,15,18-19,25,31,44H,1,7,13-14,16-17H2,2-5H3/t19-,25?,31?/m0/s1. The number of anilines is 1. The number of amides is 1.